The van der Waals surface area contributed by atoms with E-state index in [1.807, 2.05) is 7.05 Å². The van der Waals surface area contributed by atoms with Crippen molar-refractivity contribution in [1.29, 1.82) is 0 Å². The second kappa shape index (κ2) is 6.47. The van der Waals surface area contributed by atoms with Gasteiger partial charge in [-0.2, -0.15) is 0 Å². The SMILES string of the molecule is CNCCC1CCN(Cc2nc(C)cs2)CC1. The van der Waals surface area contributed by atoms with E-state index < -0.39 is 0 Å². The molecular weight excluding hydrogens is 230 g/mol. The second-order valence-electron chi connectivity index (χ2n) is 4.99. The fourth-order valence-electron chi connectivity index (χ4n) is 2.45. The minimum absolute atomic E-state index is 0.928. The van der Waals surface area contributed by atoms with E-state index in [0.717, 1.165) is 24.7 Å². The van der Waals surface area contributed by atoms with Crippen molar-refractivity contribution < 1.29 is 0 Å². The summed E-state index contributed by atoms with van der Waals surface area (Å²) in [6, 6.07) is 0. The van der Waals surface area contributed by atoms with E-state index in [2.05, 4.69) is 27.5 Å². The van der Waals surface area contributed by atoms with Crippen LogP contribution in [0.25, 0.3) is 0 Å². The molecule has 96 valence electrons. The zero-order valence-corrected chi connectivity index (χ0v) is 11.7. The van der Waals surface area contributed by atoms with Crippen molar-refractivity contribution >= 4 is 11.3 Å². The van der Waals surface area contributed by atoms with E-state index in [-0.39, 0.29) is 0 Å². The zero-order chi connectivity index (χ0) is 12.1. The molecule has 1 fully saturated rings. The second-order valence-corrected chi connectivity index (χ2v) is 5.94. The molecule has 0 unspecified atom stereocenters. The number of hydrogen-bond acceptors (Lipinski definition) is 4. The van der Waals surface area contributed by atoms with E-state index in [9.17, 15) is 0 Å². The summed E-state index contributed by atoms with van der Waals surface area (Å²) in [7, 11) is 2.04. The number of aromatic nitrogens is 1. The number of likely N-dealkylation sites (tertiary alicyclic amines) is 1. The maximum Gasteiger partial charge on any atom is 0.107 e. The zero-order valence-electron chi connectivity index (χ0n) is 10.9. The summed E-state index contributed by atoms with van der Waals surface area (Å²) in [5.41, 5.74) is 1.16. The fourth-order valence-corrected chi connectivity index (χ4v) is 3.26. The van der Waals surface area contributed by atoms with E-state index in [1.54, 1.807) is 11.3 Å². The van der Waals surface area contributed by atoms with Crippen LogP contribution in [0.3, 0.4) is 0 Å². The lowest BCUT2D eigenvalue weighted by Crippen LogP contribution is -2.34. The number of piperidine rings is 1. The van der Waals surface area contributed by atoms with Gasteiger partial charge in [0.1, 0.15) is 5.01 Å². The Balaban J connectivity index is 1.72. The molecule has 1 aromatic heterocycles. The summed E-state index contributed by atoms with van der Waals surface area (Å²) in [6.07, 6.45) is 4.04. The van der Waals surface area contributed by atoms with E-state index >= 15 is 0 Å². The summed E-state index contributed by atoms with van der Waals surface area (Å²) in [4.78, 5) is 7.09. The van der Waals surface area contributed by atoms with Gasteiger partial charge in [-0.25, -0.2) is 4.98 Å². The first-order chi connectivity index (χ1) is 8.28. The van der Waals surface area contributed by atoms with Crippen LogP contribution in [-0.2, 0) is 6.54 Å². The lowest BCUT2D eigenvalue weighted by Gasteiger charge is -2.31. The Labute approximate surface area is 108 Å². The maximum absolute atomic E-state index is 4.54. The van der Waals surface area contributed by atoms with E-state index in [4.69, 9.17) is 0 Å². The first-order valence-corrected chi connectivity index (χ1v) is 7.44. The summed E-state index contributed by atoms with van der Waals surface area (Å²) in [5, 5.41) is 6.67. The van der Waals surface area contributed by atoms with Crippen molar-refractivity contribution in [3.8, 4) is 0 Å². The quantitative estimate of drug-likeness (QED) is 0.872. The Morgan fingerprint density at radius 2 is 2.24 bits per heavy atom. The molecule has 0 atom stereocenters. The van der Waals surface area contributed by atoms with Crippen molar-refractivity contribution in [3.05, 3.63) is 16.1 Å². The molecule has 2 heterocycles. The van der Waals surface area contributed by atoms with Crippen LogP contribution in [0.5, 0.6) is 0 Å². The molecule has 0 radical (unpaired) electrons. The molecule has 0 aliphatic carbocycles. The number of hydrogen-bond donors (Lipinski definition) is 1. The molecule has 1 aliphatic rings. The third kappa shape index (κ3) is 4.05. The molecule has 0 amide bonds. The monoisotopic (exact) mass is 253 g/mol. The van der Waals surface area contributed by atoms with Gasteiger partial charge in [-0.15, -0.1) is 11.3 Å². The van der Waals surface area contributed by atoms with Gasteiger partial charge in [0.05, 0.1) is 6.54 Å². The van der Waals surface area contributed by atoms with Crippen LogP contribution in [0.15, 0.2) is 5.38 Å². The predicted octanol–water partition coefficient (Wildman–Crippen LogP) is 2.27. The average Bonchev–Trinajstić information content (AvgIpc) is 2.74. The van der Waals surface area contributed by atoms with Crippen molar-refractivity contribution in [3.63, 3.8) is 0 Å². The molecule has 0 aromatic carbocycles. The van der Waals surface area contributed by atoms with Gasteiger partial charge in [-0.1, -0.05) is 0 Å². The molecule has 0 spiro atoms. The lowest BCUT2D eigenvalue weighted by molar-refractivity contribution is 0.172. The molecule has 17 heavy (non-hydrogen) atoms. The highest BCUT2D eigenvalue weighted by Gasteiger charge is 2.19. The Morgan fingerprint density at radius 3 is 2.82 bits per heavy atom. The van der Waals surface area contributed by atoms with E-state index in [0.29, 0.717) is 0 Å². The number of aryl methyl sites for hydroxylation is 1. The van der Waals surface area contributed by atoms with E-state index in [1.165, 1.54) is 37.4 Å². The first kappa shape index (κ1) is 13.0. The van der Waals surface area contributed by atoms with Crippen LogP contribution in [-0.4, -0.2) is 36.6 Å². The molecule has 3 nitrogen and oxygen atoms in total. The minimum atomic E-state index is 0.928. The molecular formula is C13H23N3S. The van der Waals surface area contributed by atoms with Gasteiger partial charge < -0.3 is 5.32 Å². The van der Waals surface area contributed by atoms with Gasteiger partial charge in [0, 0.05) is 11.1 Å². The average molecular weight is 253 g/mol. The standard InChI is InChI=1S/C13H23N3S/c1-11-10-17-13(15-11)9-16-7-4-12(5-8-16)3-6-14-2/h10,12,14H,3-9H2,1-2H3. The summed E-state index contributed by atoms with van der Waals surface area (Å²) in [5.74, 6) is 0.928. The molecule has 2 rings (SSSR count). The topological polar surface area (TPSA) is 28.2 Å². The lowest BCUT2D eigenvalue weighted by atomic mass is 9.93. The van der Waals surface area contributed by atoms with Crippen LogP contribution in [0.4, 0.5) is 0 Å². The van der Waals surface area contributed by atoms with Crippen molar-refractivity contribution in [2.75, 3.05) is 26.7 Å². The number of nitrogens with zero attached hydrogens (tertiary/aromatic N) is 2. The number of rotatable bonds is 5. The van der Waals surface area contributed by atoms with Crippen LogP contribution in [0.2, 0.25) is 0 Å². The van der Waals surface area contributed by atoms with Crippen LogP contribution < -0.4 is 5.32 Å². The van der Waals surface area contributed by atoms with Gasteiger partial charge in [0.15, 0.2) is 0 Å². The molecule has 1 saturated heterocycles. The summed E-state index contributed by atoms with van der Waals surface area (Å²) < 4.78 is 0. The largest absolute Gasteiger partial charge is 0.320 e. The van der Waals surface area contributed by atoms with Gasteiger partial charge >= 0.3 is 0 Å². The molecule has 4 heteroatoms. The summed E-state index contributed by atoms with van der Waals surface area (Å²) in [6.45, 7) is 6.78. The highest BCUT2D eigenvalue weighted by Crippen LogP contribution is 2.22. The van der Waals surface area contributed by atoms with Gasteiger partial charge in [0.25, 0.3) is 0 Å². The highest BCUT2D eigenvalue weighted by atomic mass is 32.1. The normalized spacial score (nSPS) is 18.7. The van der Waals surface area contributed by atoms with Gasteiger partial charge in [0.2, 0.25) is 0 Å². The third-order valence-electron chi connectivity index (χ3n) is 3.54. The Bertz CT molecular complexity index is 329. The predicted molar refractivity (Wildman–Crippen MR) is 73.4 cm³/mol. The van der Waals surface area contributed by atoms with Crippen molar-refractivity contribution in [1.82, 2.24) is 15.2 Å². The van der Waals surface area contributed by atoms with Crippen molar-refractivity contribution in [2.45, 2.75) is 32.7 Å². The highest BCUT2D eigenvalue weighted by molar-refractivity contribution is 7.09. The Hall–Kier alpha value is -0.450. The molecule has 0 saturated carbocycles. The van der Waals surface area contributed by atoms with Crippen LogP contribution in [0, 0.1) is 12.8 Å². The van der Waals surface area contributed by atoms with Gasteiger partial charge in [-0.05, 0) is 58.8 Å². The Kier molecular flexibility index (Phi) is 4.95. The fraction of sp³-hybridized carbons (Fsp3) is 0.769. The number of nitrogens with one attached hydrogen (secondary N) is 1. The molecule has 1 N–H and O–H groups in total. The Morgan fingerprint density at radius 1 is 1.47 bits per heavy atom. The molecule has 1 aromatic rings. The smallest absolute Gasteiger partial charge is 0.107 e. The first-order valence-electron chi connectivity index (χ1n) is 6.56. The van der Waals surface area contributed by atoms with Crippen LogP contribution in [0.1, 0.15) is 30.0 Å². The minimum Gasteiger partial charge on any atom is -0.320 e. The third-order valence-corrected chi connectivity index (χ3v) is 4.49. The molecule has 1 aliphatic heterocycles. The maximum atomic E-state index is 4.54. The van der Waals surface area contributed by atoms with Crippen LogP contribution >= 0.6 is 11.3 Å². The number of thiazole rings is 1. The summed E-state index contributed by atoms with van der Waals surface area (Å²) >= 11 is 1.80. The molecule has 0 bridgehead atoms. The van der Waals surface area contributed by atoms with Gasteiger partial charge in [-0.3, -0.25) is 4.90 Å². The van der Waals surface area contributed by atoms with Crippen molar-refractivity contribution in [2.24, 2.45) is 5.92 Å².